The Kier molecular flexibility index (Phi) is 25.2. The Morgan fingerprint density at radius 1 is 0.375 bits per heavy atom. The van der Waals surface area contributed by atoms with E-state index in [0.29, 0.717) is 115 Å². The molecule has 0 unspecified atom stereocenters. The third-order valence-corrected chi connectivity index (χ3v) is 20.1. The molecule has 0 spiro atoms. The van der Waals surface area contributed by atoms with Crippen LogP contribution in [0.25, 0.3) is 0 Å². The molecule has 0 N–H and O–H groups in total. The Labute approximate surface area is 446 Å². The number of benzene rings is 4. The summed E-state index contributed by atoms with van der Waals surface area (Å²) in [5, 5.41) is 3.08. The van der Waals surface area contributed by atoms with Crippen LogP contribution in [0.5, 0.6) is 0 Å². The van der Waals surface area contributed by atoms with Crippen LogP contribution in [-0.2, 0) is 60.2 Å². The maximum absolute atomic E-state index is 7.25. The van der Waals surface area contributed by atoms with E-state index in [1.807, 2.05) is 0 Å². The molecule has 4 aromatic carbocycles. The summed E-state index contributed by atoms with van der Waals surface area (Å²) in [4.78, 5) is 0. The topological polar surface area (TPSA) is 73.8 Å². The van der Waals surface area contributed by atoms with Crippen molar-refractivity contribution in [2.24, 2.45) is 0 Å². The van der Waals surface area contributed by atoms with Crippen LogP contribution in [0.15, 0.2) is 97.1 Å². The summed E-state index contributed by atoms with van der Waals surface area (Å²) in [6, 6.07) is 37.2. The molecule has 3 heterocycles. The molecule has 4 aromatic rings. The van der Waals surface area contributed by atoms with Gasteiger partial charge in [-0.15, -0.1) is 5.46 Å². The van der Waals surface area contributed by atoms with Crippen molar-refractivity contribution in [1.29, 1.82) is 0 Å². The molecule has 0 radical (unpaired) electrons. The molecule has 8 nitrogen and oxygen atoms in total. The van der Waals surface area contributed by atoms with Crippen molar-refractivity contribution in [3.63, 3.8) is 0 Å². The number of ether oxygens (including phenoxy) is 7. The average molecular weight is 1120 g/mol. The maximum atomic E-state index is 7.25. The van der Waals surface area contributed by atoms with Crippen molar-refractivity contribution in [1.82, 2.24) is 0 Å². The fourth-order valence-corrected chi connectivity index (χ4v) is 17.8. The fraction of sp³-hybridized carbons (Fsp3) is 0.520. The first kappa shape index (κ1) is 56.5. The monoisotopic (exact) mass is 1120 g/mol. The molecule has 3 aliphatic heterocycles. The summed E-state index contributed by atoms with van der Waals surface area (Å²) in [5.74, 6) is 0. The third kappa shape index (κ3) is 13.4. The molecule has 0 atom stereocenters. The summed E-state index contributed by atoms with van der Waals surface area (Å²) < 4.78 is 45.9. The van der Waals surface area contributed by atoms with E-state index >= 15 is 0 Å². The summed E-state index contributed by atoms with van der Waals surface area (Å²) in [5.41, 5.74) is 10.8. The van der Waals surface area contributed by atoms with E-state index in [9.17, 15) is 0 Å². The van der Waals surface area contributed by atoms with Gasteiger partial charge in [0.25, 0.3) is 0 Å². The van der Waals surface area contributed by atoms with Gasteiger partial charge < -0.3 is 37.8 Å². The molecule has 1 saturated heterocycles. The normalized spacial score (nSPS) is 21.4. The molecule has 64 heavy (non-hydrogen) atoms. The minimum absolute atomic E-state index is 0. The predicted octanol–water partition coefficient (Wildman–Crippen LogP) is 1.39. The van der Waals surface area contributed by atoms with E-state index in [4.69, 9.17) is 37.8 Å². The van der Waals surface area contributed by atoms with Crippen molar-refractivity contribution in [2.45, 2.75) is 78.0 Å². The Balaban J connectivity index is 0.000000381. The number of rotatable bonds is 8. The second-order valence-corrected chi connectivity index (χ2v) is 25.6. The number of fused-ring (bicyclic) bond motifs is 3. The molecule has 3 aliphatic rings. The molecule has 0 aromatic heterocycles. The third-order valence-electron chi connectivity index (χ3n) is 12.9. The SMILES string of the molecule is C1COCCOCCOCCOCCOCCO1.CC(C)[PH+](c1ccccc1[B-]12COCO[B-](c3ccccc3[PH+](C(C)C)C(C)C)(c3ccccc31)c1ccccc12)C(C)C.[Au+].[K+]. The molecule has 7 rings (SSSR count). The Bertz CT molecular complexity index is 1720. The van der Waals surface area contributed by atoms with Gasteiger partial charge in [-0.2, -0.15) is 5.46 Å². The Morgan fingerprint density at radius 2 is 0.656 bits per heavy atom. The zero-order valence-corrected chi connectivity index (χ0v) is 47.5. The maximum Gasteiger partial charge on any atom is 1.00 e. The van der Waals surface area contributed by atoms with Crippen LogP contribution in [0.3, 0.4) is 0 Å². The van der Waals surface area contributed by atoms with E-state index < -0.39 is 28.3 Å². The number of hydrogen-bond donors (Lipinski definition) is 0. The van der Waals surface area contributed by atoms with Gasteiger partial charge in [0.2, 0.25) is 0 Å². The predicted molar refractivity (Wildman–Crippen MR) is 268 cm³/mol. The molecule has 2 bridgehead atoms. The summed E-state index contributed by atoms with van der Waals surface area (Å²) >= 11 is 0. The van der Waals surface area contributed by atoms with Crippen molar-refractivity contribution >= 4 is 71.7 Å². The average Bonchev–Trinajstić information content (AvgIpc) is 3.25. The van der Waals surface area contributed by atoms with Crippen molar-refractivity contribution in [2.75, 3.05) is 92.6 Å². The second-order valence-electron chi connectivity index (χ2n) is 18.1. The van der Waals surface area contributed by atoms with Gasteiger partial charge >= 0.3 is 73.8 Å². The molecule has 348 valence electrons. The first-order valence-electron chi connectivity index (χ1n) is 23.3. The number of hydrogen-bond acceptors (Lipinski definition) is 8. The summed E-state index contributed by atoms with van der Waals surface area (Å²) in [7, 11) is -1.74. The van der Waals surface area contributed by atoms with E-state index in [-0.39, 0.29) is 73.8 Å². The molecule has 1 fully saturated rings. The van der Waals surface area contributed by atoms with Gasteiger partial charge in [-0.1, -0.05) is 91.4 Å². The quantitative estimate of drug-likeness (QED) is 0.194. The first-order valence-corrected chi connectivity index (χ1v) is 26.6. The van der Waals surface area contributed by atoms with Crippen LogP contribution >= 0.6 is 15.8 Å². The first-order chi connectivity index (χ1) is 30.2. The van der Waals surface area contributed by atoms with Crippen molar-refractivity contribution in [3.8, 4) is 0 Å². The smallest absolute Gasteiger partial charge is 0.559 e. The van der Waals surface area contributed by atoms with Gasteiger partial charge in [-0.25, -0.2) is 21.9 Å². The minimum atomic E-state index is -1.73. The van der Waals surface area contributed by atoms with E-state index in [2.05, 4.69) is 152 Å². The molecule has 0 saturated carbocycles. The van der Waals surface area contributed by atoms with Crippen LogP contribution in [0.1, 0.15) is 55.4 Å². The summed E-state index contributed by atoms with van der Waals surface area (Å²) in [6.45, 7) is 27.3. The van der Waals surface area contributed by atoms with Crippen LogP contribution in [0.2, 0.25) is 0 Å². The van der Waals surface area contributed by atoms with E-state index in [1.165, 1.54) is 38.1 Å². The molecule has 0 aliphatic carbocycles. The standard InChI is InChI=1S/C38H48B2O2P2.C12H24O6.Au.K/c1-27(2)43(28(3)4)37-23-15-13-21-35(37)39-25-41-26-42-40(33-19-11-9-17-31(33)39,34-20-12-10-18-32(34)39)36-22-14-16-24-38(36)44(29(5)6)30(7)8;1-2-14-5-6-16-9-10-18-12-11-17-8-7-15-4-3-13-1;;/h9-24,27-30H,25-26H2,1-8H3;1-12H2;;/q-2;;2*+1/p+2. The van der Waals surface area contributed by atoms with Gasteiger partial charge in [-0.05, 0) is 67.5 Å². The molecule has 0 amide bonds. The van der Waals surface area contributed by atoms with Gasteiger partial charge in [0.1, 0.15) is 12.9 Å². The zero-order chi connectivity index (χ0) is 44.0. The molecular formula is C50H74AuB2KO8P2+2. The van der Waals surface area contributed by atoms with Crippen LogP contribution < -0.4 is 94.8 Å². The van der Waals surface area contributed by atoms with Crippen molar-refractivity contribution < 1.29 is 112 Å². The molecular weight excluding hydrogens is 1050 g/mol. The molecule has 14 heteroatoms. The van der Waals surface area contributed by atoms with Crippen LogP contribution in [0, 0.1) is 0 Å². The zero-order valence-electron chi connectivity index (χ0n) is 40.2. The van der Waals surface area contributed by atoms with Crippen molar-refractivity contribution in [3.05, 3.63) is 97.1 Å². The van der Waals surface area contributed by atoms with Crippen LogP contribution in [0.4, 0.5) is 0 Å². The van der Waals surface area contributed by atoms with E-state index in [1.54, 1.807) is 5.30 Å². The fourth-order valence-electron chi connectivity index (χ4n) is 10.8. The minimum Gasteiger partial charge on any atom is -0.559 e. The van der Waals surface area contributed by atoms with E-state index in [0.717, 1.165) is 0 Å². The summed E-state index contributed by atoms with van der Waals surface area (Å²) in [6.07, 6.45) is -3.13. The van der Waals surface area contributed by atoms with Gasteiger partial charge in [-0.3, -0.25) is 0 Å². The largest absolute Gasteiger partial charge is 1.00 e. The Hall–Kier alpha value is -0.0735. The van der Waals surface area contributed by atoms with Crippen LogP contribution in [-0.4, -0.2) is 128 Å². The van der Waals surface area contributed by atoms with Gasteiger partial charge in [0.15, 0.2) is 6.35 Å². The Morgan fingerprint density at radius 3 is 1.00 bits per heavy atom. The van der Waals surface area contributed by atoms with Gasteiger partial charge in [0.05, 0.1) is 113 Å². The van der Waals surface area contributed by atoms with Gasteiger partial charge in [0, 0.05) is 15.8 Å². The second kappa shape index (κ2) is 28.6.